The van der Waals surface area contributed by atoms with Crippen LogP contribution in [0.5, 0.6) is 5.75 Å². The summed E-state index contributed by atoms with van der Waals surface area (Å²) >= 11 is 0. The van der Waals surface area contributed by atoms with Gasteiger partial charge in [0.1, 0.15) is 18.1 Å². The lowest BCUT2D eigenvalue weighted by atomic mass is 10.2. The molecule has 1 N–H and O–H groups in total. The lowest BCUT2D eigenvalue weighted by Gasteiger charge is -2.07. The molecule has 1 aromatic heterocycles. The van der Waals surface area contributed by atoms with Gasteiger partial charge in [0, 0.05) is 6.04 Å². The van der Waals surface area contributed by atoms with Crippen LogP contribution in [0.25, 0.3) is 0 Å². The van der Waals surface area contributed by atoms with E-state index in [4.69, 9.17) is 9.15 Å². The van der Waals surface area contributed by atoms with E-state index in [1.165, 1.54) is 12.1 Å². The predicted molar refractivity (Wildman–Crippen MR) is 76.1 cm³/mol. The Hall–Kier alpha value is -1.88. The molecule has 0 spiro atoms. The number of rotatable bonds is 6. The van der Waals surface area contributed by atoms with Gasteiger partial charge in [0.05, 0.1) is 6.54 Å². The van der Waals surface area contributed by atoms with Gasteiger partial charge in [-0.05, 0) is 30.7 Å². The average Bonchev–Trinajstić information content (AvgIpc) is 2.78. The fourth-order valence-corrected chi connectivity index (χ4v) is 1.88. The summed E-state index contributed by atoms with van der Waals surface area (Å²) in [5.41, 5.74) is 1.00. The van der Waals surface area contributed by atoms with Crippen LogP contribution in [-0.4, -0.2) is 6.04 Å². The molecule has 0 bridgehead atoms. The SMILES string of the molecule is Cc1cc(COc2cccc(F)c2F)oc1CNC(C)C. The number of hydrogen-bond acceptors (Lipinski definition) is 3. The van der Waals surface area contributed by atoms with Crippen molar-refractivity contribution < 1.29 is 17.9 Å². The molecule has 0 saturated heterocycles. The van der Waals surface area contributed by atoms with Gasteiger partial charge in [-0.1, -0.05) is 19.9 Å². The summed E-state index contributed by atoms with van der Waals surface area (Å²) in [6.07, 6.45) is 0. The second kappa shape index (κ2) is 6.72. The molecule has 0 fully saturated rings. The van der Waals surface area contributed by atoms with E-state index < -0.39 is 11.6 Å². The number of furan rings is 1. The number of aryl methyl sites for hydroxylation is 1. The van der Waals surface area contributed by atoms with E-state index in [2.05, 4.69) is 19.2 Å². The number of halogens is 2. The van der Waals surface area contributed by atoms with Crippen molar-refractivity contribution in [1.29, 1.82) is 0 Å². The lowest BCUT2D eigenvalue weighted by Crippen LogP contribution is -2.21. The summed E-state index contributed by atoms with van der Waals surface area (Å²) < 4.78 is 37.4. The van der Waals surface area contributed by atoms with Gasteiger partial charge in [-0.25, -0.2) is 4.39 Å². The first-order valence-electron chi connectivity index (χ1n) is 6.85. The standard InChI is InChI=1S/C16H19F2NO2/c1-10(2)19-8-15-11(3)7-12(21-15)9-20-14-6-4-5-13(17)16(14)18/h4-7,10,19H,8-9H2,1-3H3. The van der Waals surface area contributed by atoms with Gasteiger partial charge >= 0.3 is 0 Å². The molecule has 0 amide bonds. The lowest BCUT2D eigenvalue weighted by molar-refractivity contribution is 0.250. The third-order valence-electron chi connectivity index (χ3n) is 3.03. The molecule has 21 heavy (non-hydrogen) atoms. The van der Waals surface area contributed by atoms with Crippen molar-refractivity contribution in [3.05, 3.63) is 53.0 Å². The highest BCUT2D eigenvalue weighted by Gasteiger charge is 2.12. The summed E-state index contributed by atoms with van der Waals surface area (Å²) in [7, 11) is 0. The summed E-state index contributed by atoms with van der Waals surface area (Å²) in [5, 5.41) is 3.26. The Morgan fingerprint density at radius 1 is 1.29 bits per heavy atom. The second-order valence-corrected chi connectivity index (χ2v) is 5.20. The molecule has 0 aliphatic heterocycles. The molecule has 114 valence electrons. The van der Waals surface area contributed by atoms with Crippen molar-refractivity contribution in [2.75, 3.05) is 0 Å². The normalized spacial score (nSPS) is 11.1. The molecule has 1 aromatic carbocycles. The van der Waals surface area contributed by atoms with E-state index in [0.29, 0.717) is 18.3 Å². The first kappa shape index (κ1) is 15.5. The summed E-state index contributed by atoms with van der Waals surface area (Å²) in [5.74, 6) is -0.628. The van der Waals surface area contributed by atoms with Crippen molar-refractivity contribution in [3.8, 4) is 5.75 Å². The Labute approximate surface area is 122 Å². The van der Waals surface area contributed by atoms with Crippen molar-refractivity contribution in [2.45, 2.75) is 40.0 Å². The Morgan fingerprint density at radius 2 is 2.05 bits per heavy atom. The average molecular weight is 295 g/mol. The minimum absolute atomic E-state index is 0.0584. The van der Waals surface area contributed by atoms with Crippen molar-refractivity contribution in [3.63, 3.8) is 0 Å². The van der Waals surface area contributed by atoms with Gasteiger partial charge in [-0.2, -0.15) is 4.39 Å². The van der Waals surface area contributed by atoms with Crippen LogP contribution in [0.3, 0.4) is 0 Å². The van der Waals surface area contributed by atoms with Crippen LogP contribution in [0.15, 0.2) is 28.7 Å². The quantitative estimate of drug-likeness (QED) is 0.876. The number of ether oxygens (including phenoxy) is 1. The third-order valence-corrected chi connectivity index (χ3v) is 3.03. The molecule has 0 aliphatic rings. The molecule has 2 aromatic rings. The van der Waals surface area contributed by atoms with Gasteiger partial charge in [-0.3, -0.25) is 0 Å². The maximum atomic E-state index is 13.5. The molecule has 0 radical (unpaired) electrons. The Bertz CT molecular complexity index is 608. The minimum Gasteiger partial charge on any atom is -0.482 e. The van der Waals surface area contributed by atoms with Crippen LogP contribution in [0.2, 0.25) is 0 Å². The number of benzene rings is 1. The summed E-state index contributed by atoms with van der Waals surface area (Å²) in [4.78, 5) is 0. The van der Waals surface area contributed by atoms with Gasteiger partial charge in [-0.15, -0.1) is 0 Å². The summed E-state index contributed by atoms with van der Waals surface area (Å²) in [6, 6.07) is 6.04. The Morgan fingerprint density at radius 3 is 2.76 bits per heavy atom. The zero-order valence-corrected chi connectivity index (χ0v) is 12.4. The second-order valence-electron chi connectivity index (χ2n) is 5.20. The van der Waals surface area contributed by atoms with Crippen LogP contribution in [0.1, 0.15) is 30.9 Å². The number of hydrogen-bond donors (Lipinski definition) is 1. The highest BCUT2D eigenvalue weighted by molar-refractivity contribution is 5.26. The van der Waals surface area contributed by atoms with Crippen LogP contribution < -0.4 is 10.1 Å². The molecule has 1 heterocycles. The maximum absolute atomic E-state index is 13.5. The van der Waals surface area contributed by atoms with Gasteiger partial charge in [0.15, 0.2) is 11.6 Å². The largest absolute Gasteiger partial charge is 0.482 e. The molecular formula is C16H19F2NO2. The molecule has 2 rings (SSSR count). The van der Waals surface area contributed by atoms with E-state index in [9.17, 15) is 8.78 Å². The molecule has 3 nitrogen and oxygen atoms in total. The Kier molecular flexibility index (Phi) is 4.96. The monoisotopic (exact) mass is 295 g/mol. The molecule has 0 atom stereocenters. The predicted octanol–water partition coefficient (Wildman–Crippen LogP) is 3.94. The van der Waals surface area contributed by atoms with Gasteiger partial charge in [0.25, 0.3) is 0 Å². The van der Waals surface area contributed by atoms with Crippen LogP contribution in [-0.2, 0) is 13.2 Å². The van der Waals surface area contributed by atoms with E-state index in [1.54, 1.807) is 0 Å². The third kappa shape index (κ3) is 4.04. The van der Waals surface area contributed by atoms with E-state index in [0.717, 1.165) is 17.4 Å². The fraction of sp³-hybridized carbons (Fsp3) is 0.375. The van der Waals surface area contributed by atoms with Crippen molar-refractivity contribution >= 4 is 0 Å². The fourth-order valence-electron chi connectivity index (χ4n) is 1.88. The first-order chi connectivity index (χ1) is 9.97. The molecule has 0 saturated carbocycles. The van der Waals surface area contributed by atoms with Crippen LogP contribution >= 0.6 is 0 Å². The maximum Gasteiger partial charge on any atom is 0.200 e. The zero-order chi connectivity index (χ0) is 15.4. The highest BCUT2D eigenvalue weighted by Crippen LogP contribution is 2.22. The van der Waals surface area contributed by atoms with Crippen LogP contribution in [0, 0.1) is 18.6 Å². The zero-order valence-electron chi connectivity index (χ0n) is 12.4. The topological polar surface area (TPSA) is 34.4 Å². The molecular weight excluding hydrogens is 276 g/mol. The van der Waals surface area contributed by atoms with Crippen molar-refractivity contribution in [2.24, 2.45) is 0 Å². The summed E-state index contributed by atoms with van der Waals surface area (Å²) in [6.45, 7) is 6.72. The Balaban J connectivity index is 2.00. The van der Waals surface area contributed by atoms with Gasteiger partial charge in [0.2, 0.25) is 5.82 Å². The number of nitrogens with one attached hydrogen (secondary N) is 1. The van der Waals surface area contributed by atoms with Crippen molar-refractivity contribution in [1.82, 2.24) is 5.32 Å². The minimum atomic E-state index is -0.984. The van der Waals surface area contributed by atoms with E-state index >= 15 is 0 Å². The first-order valence-corrected chi connectivity index (χ1v) is 6.85. The van der Waals surface area contributed by atoms with E-state index in [1.807, 2.05) is 13.0 Å². The molecule has 0 unspecified atom stereocenters. The van der Waals surface area contributed by atoms with Crippen LogP contribution in [0.4, 0.5) is 8.78 Å². The van der Waals surface area contributed by atoms with E-state index in [-0.39, 0.29) is 12.4 Å². The molecule has 5 heteroatoms. The highest BCUT2D eigenvalue weighted by atomic mass is 19.2. The molecule has 0 aliphatic carbocycles. The van der Waals surface area contributed by atoms with Gasteiger partial charge < -0.3 is 14.5 Å². The smallest absolute Gasteiger partial charge is 0.200 e.